The van der Waals surface area contributed by atoms with Crippen molar-refractivity contribution in [3.8, 4) is 0 Å². The number of halogens is 1. The summed E-state index contributed by atoms with van der Waals surface area (Å²) in [5.41, 5.74) is 8.16. The number of hydrogen-bond acceptors (Lipinski definition) is 3. The molecule has 170 valence electrons. The van der Waals surface area contributed by atoms with Gasteiger partial charge in [0, 0.05) is 32.0 Å². The first kappa shape index (κ1) is 27.5. The van der Waals surface area contributed by atoms with Gasteiger partial charge in [-0.1, -0.05) is 12.1 Å². The van der Waals surface area contributed by atoms with Gasteiger partial charge < -0.3 is 14.7 Å². The van der Waals surface area contributed by atoms with Crippen LogP contribution in [-0.2, 0) is 31.3 Å². The topological polar surface area (TPSA) is 9.72 Å². The van der Waals surface area contributed by atoms with Crippen LogP contribution in [0.25, 0.3) is 0 Å². The summed E-state index contributed by atoms with van der Waals surface area (Å²) in [6.07, 6.45) is 5.99. The SMILES string of the molecule is C=CCN1[C]N(Cc2c(C)c(C)cc(C)c2C)C=C1.CN(C)Cc1[c-]cccc1.[Cl][Pd+]. The van der Waals surface area contributed by atoms with Crippen molar-refractivity contribution in [2.45, 2.75) is 40.8 Å². The second-order valence-electron chi connectivity index (χ2n) is 7.83. The van der Waals surface area contributed by atoms with E-state index in [0.717, 1.165) is 19.6 Å². The fourth-order valence-corrected chi connectivity index (χ4v) is 3.30. The molecule has 2 aromatic carbocycles. The fraction of sp³-hybridized carbons (Fsp3) is 0.346. The molecule has 0 saturated carbocycles. The maximum absolute atomic E-state index is 4.49. The average molecular weight is 530 g/mol. The molecule has 0 spiro atoms. The summed E-state index contributed by atoms with van der Waals surface area (Å²) in [5.74, 6) is 0. The van der Waals surface area contributed by atoms with Gasteiger partial charge in [-0.05, 0) is 69.6 Å². The van der Waals surface area contributed by atoms with Crippen molar-refractivity contribution in [2.24, 2.45) is 0 Å². The second kappa shape index (κ2) is 14.5. The first-order valence-corrected chi connectivity index (χ1v) is 12.2. The van der Waals surface area contributed by atoms with Gasteiger partial charge in [-0.15, -0.1) is 12.1 Å². The monoisotopic (exact) mass is 529 g/mol. The van der Waals surface area contributed by atoms with E-state index in [2.05, 4.69) is 117 Å². The Hall–Kier alpha value is -1.57. The maximum atomic E-state index is 4.49. The zero-order valence-electron chi connectivity index (χ0n) is 19.5. The third-order valence-corrected chi connectivity index (χ3v) is 5.12. The number of nitrogens with zero attached hydrogens (tertiary/aromatic N) is 3. The van der Waals surface area contributed by atoms with E-state index in [1.807, 2.05) is 35.4 Å². The molecule has 0 bridgehead atoms. The summed E-state index contributed by atoms with van der Waals surface area (Å²) in [6.45, 7) is 18.5. The van der Waals surface area contributed by atoms with Crippen LogP contribution in [0, 0.1) is 40.4 Å². The average Bonchev–Trinajstić information content (AvgIpc) is 3.19. The minimum absolute atomic E-state index is 0.803. The Labute approximate surface area is 204 Å². The van der Waals surface area contributed by atoms with Gasteiger partial charge >= 0.3 is 27.7 Å². The van der Waals surface area contributed by atoms with E-state index in [1.165, 1.54) is 33.4 Å². The van der Waals surface area contributed by atoms with Crippen LogP contribution in [-0.4, -0.2) is 35.3 Å². The number of hydrogen-bond donors (Lipinski definition) is 0. The van der Waals surface area contributed by atoms with Crippen molar-refractivity contribution >= 4 is 9.53 Å². The summed E-state index contributed by atoms with van der Waals surface area (Å²) >= 11 is 2.22. The van der Waals surface area contributed by atoms with Gasteiger partial charge in [-0.2, -0.15) is 30.3 Å². The van der Waals surface area contributed by atoms with E-state index in [1.54, 1.807) is 0 Å². The molecule has 3 rings (SSSR count). The van der Waals surface area contributed by atoms with Gasteiger partial charge in [0.1, 0.15) is 0 Å². The summed E-state index contributed by atoms with van der Waals surface area (Å²) < 4.78 is 0. The molecule has 3 nitrogen and oxygen atoms in total. The summed E-state index contributed by atoms with van der Waals surface area (Å²) in [5, 5.41) is 0. The molecule has 0 aromatic heterocycles. The molecule has 31 heavy (non-hydrogen) atoms. The predicted octanol–water partition coefficient (Wildman–Crippen LogP) is 5.93. The Balaban J connectivity index is 0.000000337. The van der Waals surface area contributed by atoms with Gasteiger partial charge in [0.2, 0.25) is 6.67 Å². The van der Waals surface area contributed by atoms with E-state index in [-0.39, 0.29) is 0 Å². The van der Waals surface area contributed by atoms with Gasteiger partial charge in [0.15, 0.2) is 0 Å². The van der Waals surface area contributed by atoms with Crippen molar-refractivity contribution in [1.29, 1.82) is 0 Å². The van der Waals surface area contributed by atoms with Crippen molar-refractivity contribution in [2.75, 3.05) is 20.6 Å². The molecule has 1 aliphatic heterocycles. The molecule has 5 heteroatoms. The van der Waals surface area contributed by atoms with Gasteiger partial charge in [-0.3, -0.25) is 0 Å². The molecule has 0 aliphatic carbocycles. The van der Waals surface area contributed by atoms with Crippen LogP contribution in [0.4, 0.5) is 0 Å². The Morgan fingerprint density at radius 2 is 1.68 bits per heavy atom. The van der Waals surface area contributed by atoms with Gasteiger partial charge in [0.25, 0.3) is 0 Å². The van der Waals surface area contributed by atoms with Crippen molar-refractivity contribution in [1.82, 2.24) is 14.7 Å². The van der Waals surface area contributed by atoms with E-state index in [4.69, 9.17) is 0 Å². The molecule has 0 atom stereocenters. The van der Waals surface area contributed by atoms with Crippen LogP contribution in [0.5, 0.6) is 0 Å². The zero-order chi connectivity index (χ0) is 23.4. The minimum atomic E-state index is 0.803. The Morgan fingerprint density at radius 1 is 1.06 bits per heavy atom. The standard InChI is InChI=1S/C17H22N2.C9H12N.ClH.Pd/c1-6-7-18-8-9-19(12-18)11-17-15(4)13(2)10-14(3)16(17)5;1-10(2)8-9-6-4-3-5-7-9;;/h6,8-10H,1,7,11H2,2-5H3;3-6H,8H2,1-2H3;1H;/q;-1;;+2/p-1. The van der Waals surface area contributed by atoms with E-state index in [0.29, 0.717) is 0 Å². The van der Waals surface area contributed by atoms with Crippen LogP contribution in [0.3, 0.4) is 0 Å². The predicted molar refractivity (Wildman–Crippen MR) is 129 cm³/mol. The number of aryl methyl sites for hydroxylation is 2. The quantitative estimate of drug-likeness (QED) is 0.261. The zero-order valence-corrected chi connectivity index (χ0v) is 21.8. The van der Waals surface area contributed by atoms with Crippen LogP contribution in [0.15, 0.2) is 55.4 Å². The first-order chi connectivity index (χ1) is 14.8. The van der Waals surface area contributed by atoms with E-state index in [9.17, 15) is 0 Å². The van der Waals surface area contributed by atoms with Gasteiger partial charge in [-0.25, -0.2) is 0 Å². The molecular weight excluding hydrogens is 496 g/mol. The number of benzene rings is 2. The molecule has 0 unspecified atom stereocenters. The molecule has 2 radical (unpaired) electrons. The Bertz CT molecular complexity index is 808. The molecule has 1 heterocycles. The van der Waals surface area contributed by atoms with Gasteiger partial charge in [0.05, 0.1) is 0 Å². The molecular formula is C26H34ClN3Pd. The van der Waals surface area contributed by atoms with Crippen LogP contribution >= 0.6 is 9.53 Å². The first-order valence-electron chi connectivity index (χ1n) is 10.2. The van der Waals surface area contributed by atoms with Crippen molar-refractivity contribution in [3.05, 3.63) is 102 Å². The van der Waals surface area contributed by atoms with Crippen molar-refractivity contribution < 1.29 is 18.2 Å². The second-order valence-corrected chi connectivity index (χ2v) is 7.83. The van der Waals surface area contributed by atoms with E-state index >= 15 is 0 Å². The summed E-state index contributed by atoms with van der Waals surface area (Å²) in [6, 6.07) is 13.5. The third kappa shape index (κ3) is 9.21. The fourth-order valence-electron chi connectivity index (χ4n) is 3.30. The number of rotatable bonds is 6. The summed E-state index contributed by atoms with van der Waals surface area (Å²) in [4.78, 5) is 6.25. The Morgan fingerprint density at radius 3 is 2.19 bits per heavy atom. The molecule has 0 saturated heterocycles. The molecule has 0 amide bonds. The molecule has 1 aliphatic rings. The van der Waals surface area contributed by atoms with E-state index < -0.39 is 0 Å². The van der Waals surface area contributed by atoms with Crippen LogP contribution < -0.4 is 0 Å². The molecule has 0 fully saturated rings. The normalized spacial score (nSPS) is 12.3. The Kier molecular flexibility index (Phi) is 12.8. The van der Waals surface area contributed by atoms with Crippen LogP contribution in [0.1, 0.15) is 33.4 Å². The van der Waals surface area contributed by atoms with Crippen molar-refractivity contribution in [3.63, 3.8) is 0 Å². The summed E-state index contributed by atoms with van der Waals surface area (Å²) in [7, 11) is 8.60. The van der Waals surface area contributed by atoms with Crippen LogP contribution in [0.2, 0.25) is 0 Å². The molecule has 0 N–H and O–H groups in total. The third-order valence-electron chi connectivity index (χ3n) is 5.12. The molecule has 2 aromatic rings.